The molecule has 0 spiro atoms. The molecule has 0 bridgehead atoms. The van der Waals surface area contributed by atoms with Crippen LogP contribution in [0.1, 0.15) is 5.56 Å². The van der Waals surface area contributed by atoms with Crippen molar-refractivity contribution in [3.05, 3.63) is 200 Å². The third kappa shape index (κ3) is 5.31. The molecule has 3 nitrogen and oxygen atoms in total. The van der Waals surface area contributed by atoms with E-state index < -0.39 is 0 Å². The smallest absolute Gasteiger partial charge is 0.100 e. The van der Waals surface area contributed by atoms with E-state index in [0.717, 1.165) is 83.4 Å². The number of hydrogen-bond donors (Lipinski definition) is 1. The van der Waals surface area contributed by atoms with Crippen LogP contribution in [0.5, 0.6) is 0 Å². The predicted octanol–water partition coefficient (Wildman–Crippen LogP) is 13.1. The van der Waals surface area contributed by atoms with Gasteiger partial charge >= 0.3 is 0 Å². The van der Waals surface area contributed by atoms with Gasteiger partial charge in [-0.05, 0) is 58.7 Å². The zero-order valence-electron chi connectivity index (χ0n) is 28.4. The quantitative estimate of drug-likeness (QED) is 0.184. The normalized spacial score (nSPS) is 11.1. The number of para-hydroxylation sites is 2. The molecule has 9 rings (SSSR count). The molecule has 0 atom stereocenters. The van der Waals surface area contributed by atoms with Gasteiger partial charge in [0, 0.05) is 44.4 Å². The van der Waals surface area contributed by atoms with Crippen LogP contribution >= 0.6 is 0 Å². The molecule has 244 valence electrons. The number of anilines is 2. The number of nitrogens with one attached hydrogen (secondary N) is 1. The van der Waals surface area contributed by atoms with Crippen molar-refractivity contribution in [3.8, 4) is 56.3 Å². The Kier molecular flexibility index (Phi) is 7.89. The summed E-state index contributed by atoms with van der Waals surface area (Å²) >= 11 is 0. The summed E-state index contributed by atoms with van der Waals surface area (Å²) in [6.45, 7) is 0. The number of nitriles is 1. The number of aromatic nitrogens is 1. The van der Waals surface area contributed by atoms with E-state index in [-0.39, 0.29) is 0 Å². The number of nitrogens with zero attached hydrogens (tertiary/aromatic N) is 2. The molecule has 0 aliphatic carbocycles. The lowest BCUT2D eigenvalue weighted by Crippen LogP contribution is -2.07. The van der Waals surface area contributed by atoms with Gasteiger partial charge in [0.05, 0.1) is 22.3 Å². The molecule has 9 aromatic rings. The number of rotatable bonds is 7. The third-order valence-corrected chi connectivity index (χ3v) is 9.79. The summed E-state index contributed by atoms with van der Waals surface area (Å²) in [5, 5.41) is 17.2. The fourth-order valence-corrected chi connectivity index (χ4v) is 7.61. The number of fused-ring (bicyclic) bond motifs is 3. The zero-order valence-corrected chi connectivity index (χ0v) is 28.4. The Hall–Kier alpha value is -7.15. The Morgan fingerprint density at radius 3 is 1.31 bits per heavy atom. The second-order valence-corrected chi connectivity index (χ2v) is 12.9. The highest BCUT2D eigenvalue weighted by Crippen LogP contribution is 2.52. The molecule has 1 N–H and O–H groups in total. The topological polar surface area (TPSA) is 40.8 Å². The van der Waals surface area contributed by atoms with Crippen molar-refractivity contribution in [2.24, 2.45) is 0 Å². The molecule has 0 amide bonds. The van der Waals surface area contributed by atoms with Gasteiger partial charge in [-0.15, -0.1) is 0 Å². The summed E-state index contributed by atoms with van der Waals surface area (Å²) in [5.41, 5.74) is 13.8. The molecule has 0 saturated carbocycles. The van der Waals surface area contributed by atoms with Crippen molar-refractivity contribution in [3.63, 3.8) is 0 Å². The Labute approximate surface area is 303 Å². The molecular weight excluding hydrogens is 631 g/mol. The summed E-state index contributed by atoms with van der Waals surface area (Å²) in [7, 11) is 0. The largest absolute Gasteiger partial charge is 0.356 e. The maximum atomic E-state index is 11.3. The van der Waals surface area contributed by atoms with Crippen LogP contribution in [-0.2, 0) is 0 Å². The first-order chi connectivity index (χ1) is 25.8. The van der Waals surface area contributed by atoms with Crippen LogP contribution in [-0.4, -0.2) is 4.57 Å². The highest BCUT2D eigenvalue weighted by atomic mass is 15.0. The third-order valence-electron chi connectivity index (χ3n) is 9.79. The van der Waals surface area contributed by atoms with Gasteiger partial charge in [0.2, 0.25) is 0 Å². The van der Waals surface area contributed by atoms with Crippen molar-refractivity contribution in [2.45, 2.75) is 0 Å². The molecule has 8 aromatic carbocycles. The molecule has 3 heteroatoms. The fraction of sp³-hybridized carbons (Fsp3) is 0. The molecule has 0 aliphatic rings. The highest BCUT2D eigenvalue weighted by molar-refractivity contribution is 6.14. The van der Waals surface area contributed by atoms with Gasteiger partial charge in [-0.1, -0.05) is 158 Å². The van der Waals surface area contributed by atoms with Crippen LogP contribution < -0.4 is 5.32 Å². The van der Waals surface area contributed by atoms with Crippen molar-refractivity contribution in [1.29, 1.82) is 5.26 Å². The average molecular weight is 664 g/mol. The molecule has 52 heavy (non-hydrogen) atoms. The predicted molar refractivity (Wildman–Crippen MR) is 217 cm³/mol. The molecule has 0 unspecified atom stereocenters. The van der Waals surface area contributed by atoms with Gasteiger partial charge in [-0.25, -0.2) is 0 Å². The first-order valence-corrected chi connectivity index (χ1v) is 17.5. The molecule has 1 aromatic heterocycles. The Morgan fingerprint density at radius 1 is 0.385 bits per heavy atom. The Morgan fingerprint density at radius 2 is 0.808 bits per heavy atom. The fourth-order valence-electron chi connectivity index (χ4n) is 7.61. The number of benzene rings is 8. The van der Waals surface area contributed by atoms with E-state index in [4.69, 9.17) is 0 Å². The van der Waals surface area contributed by atoms with E-state index in [1.807, 2.05) is 30.3 Å². The summed E-state index contributed by atoms with van der Waals surface area (Å²) < 4.78 is 2.43. The summed E-state index contributed by atoms with van der Waals surface area (Å²) in [4.78, 5) is 0. The SMILES string of the molecule is N#Cc1c(-c2ccccc2)c(-c2ccccc2)c(-n2c3ccccc3c3cc(Nc4ccccc4)ccc32)c(-c2ccccc2)c1-c1ccccc1. The van der Waals surface area contributed by atoms with Gasteiger partial charge < -0.3 is 9.88 Å². The lowest BCUT2D eigenvalue weighted by molar-refractivity contribution is 1.18. The van der Waals surface area contributed by atoms with Crippen LogP contribution in [0.2, 0.25) is 0 Å². The monoisotopic (exact) mass is 663 g/mol. The van der Waals surface area contributed by atoms with E-state index in [2.05, 4.69) is 180 Å². The first-order valence-electron chi connectivity index (χ1n) is 17.5. The molecule has 0 saturated heterocycles. The van der Waals surface area contributed by atoms with Crippen molar-refractivity contribution >= 4 is 33.2 Å². The van der Waals surface area contributed by atoms with Gasteiger partial charge in [0.15, 0.2) is 0 Å². The van der Waals surface area contributed by atoms with Crippen LogP contribution in [0.3, 0.4) is 0 Å². The maximum absolute atomic E-state index is 11.3. The van der Waals surface area contributed by atoms with Crippen molar-refractivity contribution in [1.82, 2.24) is 4.57 Å². The summed E-state index contributed by atoms with van der Waals surface area (Å²) in [6.07, 6.45) is 0. The minimum atomic E-state index is 0.647. The van der Waals surface area contributed by atoms with Crippen molar-refractivity contribution < 1.29 is 0 Å². The lowest BCUT2D eigenvalue weighted by atomic mass is 9.79. The van der Waals surface area contributed by atoms with Gasteiger partial charge in [-0.2, -0.15) is 5.26 Å². The van der Waals surface area contributed by atoms with Crippen LogP contribution in [0, 0.1) is 11.3 Å². The lowest BCUT2D eigenvalue weighted by Gasteiger charge is -2.27. The van der Waals surface area contributed by atoms with Crippen LogP contribution in [0.4, 0.5) is 11.4 Å². The average Bonchev–Trinajstić information content (AvgIpc) is 3.54. The van der Waals surface area contributed by atoms with E-state index in [1.165, 1.54) is 0 Å². The highest BCUT2D eigenvalue weighted by Gasteiger charge is 2.30. The van der Waals surface area contributed by atoms with Crippen LogP contribution in [0.15, 0.2) is 194 Å². The second kappa shape index (κ2) is 13.3. The van der Waals surface area contributed by atoms with Crippen molar-refractivity contribution in [2.75, 3.05) is 5.32 Å². The van der Waals surface area contributed by atoms with E-state index in [9.17, 15) is 5.26 Å². The maximum Gasteiger partial charge on any atom is 0.100 e. The molecule has 0 aliphatic heterocycles. The Balaban J connectivity index is 1.51. The van der Waals surface area contributed by atoms with Crippen LogP contribution in [0.25, 0.3) is 72.0 Å². The van der Waals surface area contributed by atoms with E-state index in [1.54, 1.807) is 0 Å². The zero-order chi connectivity index (χ0) is 34.9. The standard InChI is InChI=1S/C49H33N3/c50-33-42-45(34-18-6-1-7-19-34)47(36-22-10-3-11-23-36)49(48(37-24-12-4-13-25-37)46(42)35-20-8-2-9-21-35)52-43-29-17-16-28-40(43)41-32-39(30-31-44(41)52)51-38-26-14-5-15-27-38/h1-32,51H. The molecule has 0 fully saturated rings. The Bertz CT molecular complexity index is 2620. The summed E-state index contributed by atoms with van der Waals surface area (Å²) in [5.74, 6) is 0. The van der Waals surface area contributed by atoms with Gasteiger partial charge in [-0.3, -0.25) is 0 Å². The molecule has 1 heterocycles. The second-order valence-electron chi connectivity index (χ2n) is 12.9. The minimum absolute atomic E-state index is 0.647. The minimum Gasteiger partial charge on any atom is -0.356 e. The first kappa shape index (κ1) is 30.9. The summed E-state index contributed by atoms with van der Waals surface area (Å²) in [6, 6.07) is 70.2. The molecular formula is C49H33N3. The molecule has 0 radical (unpaired) electrons. The van der Waals surface area contributed by atoms with Gasteiger partial charge in [0.1, 0.15) is 6.07 Å². The van der Waals surface area contributed by atoms with Gasteiger partial charge in [0.25, 0.3) is 0 Å². The van der Waals surface area contributed by atoms with E-state index in [0.29, 0.717) is 5.56 Å². The van der Waals surface area contributed by atoms with E-state index >= 15 is 0 Å². The number of hydrogen-bond acceptors (Lipinski definition) is 2.